The molecule has 0 radical (unpaired) electrons. The van der Waals surface area contributed by atoms with Crippen LogP contribution >= 0.6 is 0 Å². The maximum atomic E-state index is 12.4. The molecular formula is C22H30N2O3. The van der Waals surface area contributed by atoms with Crippen molar-refractivity contribution < 1.29 is 14.3 Å². The molecule has 0 bridgehead atoms. The van der Waals surface area contributed by atoms with Crippen LogP contribution in [0, 0.1) is 0 Å². The summed E-state index contributed by atoms with van der Waals surface area (Å²) in [6.45, 7) is 6.97. The second kappa shape index (κ2) is 11.3. The van der Waals surface area contributed by atoms with Crippen LogP contribution in [0.3, 0.4) is 0 Å². The van der Waals surface area contributed by atoms with Crippen molar-refractivity contribution in [3.8, 4) is 5.75 Å². The van der Waals surface area contributed by atoms with Gasteiger partial charge in [0.2, 0.25) is 0 Å². The topological polar surface area (TPSA) is 61.3 Å². The highest BCUT2D eigenvalue weighted by Gasteiger charge is 2.17. The van der Waals surface area contributed by atoms with Crippen LogP contribution in [-0.4, -0.2) is 22.5 Å². The van der Waals surface area contributed by atoms with Crippen molar-refractivity contribution in [2.24, 2.45) is 0 Å². The van der Waals surface area contributed by atoms with Gasteiger partial charge in [0.25, 0.3) is 0 Å². The van der Waals surface area contributed by atoms with E-state index in [2.05, 4.69) is 23.8 Å². The van der Waals surface area contributed by atoms with Crippen molar-refractivity contribution in [3.63, 3.8) is 0 Å². The molecular weight excluding hydrogens is 340 g/mol. The van der Waals surface area contributed by atoms with E-state index in [4.69, 9.17) is 9.47 Å². The molecule has 1 unspecified atom stereocenters. The fourth-order valence-corrected chi connectivity index (χ4v) is 2.62. The predicted molar refractivity (Wildman–Crippen MR) is 106 cm³/mol. The number of hydrogen-bond donors (Lipinski definition) is 0. The first-order valence-electron chi connectivity index (χ1n) is 9.92. The smallest absolute Gasteiger partial charge is 0.341 e. The van der Waals surface area contributed by atoms with Gasteiger partial charge in [0, 0.05) is 18.8 Å². The molecule has 2 aromatic rings. The van der Waals surface area contributed by atoms with Crippen LogP contribution in [0.5, 0.6) is 5.75 Å². The molecule has 146 valence electrons. The van der Waals surface area contributed by atoms with Gasteiger partial charge in [-0.05, 0) is 37.0 Å². The molecule has 1 aromatic heterocycles. The van der Waals surface area contributed by atoms with Gasteiger partial charge in [0.1, 0.15) is 17.7 Å². The fraction of sp³-hybridized carbons (Fsp3) is 0.500. The van der Waals surface area contributed by atoms with Crippen LogP contribution in [0.1, 0.15) is 80.7 Å². The van der Waals surface area contributed by atoms with Crippen molar-refractivity contribution >= 4 is 5.97 Å². The van der Waals surface area contributed by atoms with Gasteiger partial charge in [-0.2, -0.15) is 0 Å². The second-order valence-electron chi connectivity index (χ2n) is 6.56. The van der Waals surface area contributed by atoms with E-state index in [-0.39, 0.29) is 6.10 Å². The molecule has 0 saturated carbocycles. The van der Waals surface area contributed by atoms with E-state index in [0.29, 0.717) is 12.0 Å². The Hall–Kier alpha value is -2.43. The summed E-state index contributed by atoms with van der Waals surface area (Å²) in [6.07, 6.45) is 8.60. The molecule has 1 aromatic carbocycles. The highest BCUT2D eigenvalue weighted by Crippen LogP contribution is 2.24. The minimum absolute atomic E-state index is 0.304. The van der Waals surface area contributed by atoms with Crippen molar-refractivity contribution in [3.05, 3.63) is 53.6 Å². The summed E-state index contributed by atoms with van der Waals surface area (Å²) in [4.78, 5) is 21.0. The lowest BCUT2D eigenvalue weighted by atomic mass is 10.1. The molecule has 5 nitrogen and oxygen atoms in total. The molecule has 0 saturated heterocycles. The lowest BCUT2D eigenvalue weighted by Crippen LogP contribution is -2.12. The lowest BCUT2D eigenvalue weighted by Gasteiger charge is -2.17. The van der Waals surface area contributed by atoms with Gasteiger partial charge in [0.15, 0.2) is 0 Å². The van der Waals surface area contributed by atoms with Crippen LogP contribution in [0.15, 0.2) is 36.7 Å². The summed E-state index contributed by atoms with van der Waals surface area (Å²) < 4.78 is 11.4. The van der Waals surface area contributed by atoms with Gasteiger partial charge < -0.3 is 9.47 Å². The highest BCUT2D eigenvalue weighted by atomic mass is 16.5. The van der Waals surface area contributed by atoms with Gasteiger partial charge in [-0.15, -0.1) is 0 Å². The lowest BCUT2D eigenvalue weighted by molar-refractivity contribution is 0.0286. The molecule has 1 heterocycles. The first-order valence-corrected chi connectivity index (χ1v) is 9.92. The molecule has 0 amide bonds. The molecule has 27 heavy (non-hydrogen) atoms. The second-order valence-corrected chi connectivity index (χ2v) is 6.56. The summed E-state index contributed by atoms with van der Waals surface area (Å²) in [7, 11) is 0. The average Bonchev–Trinajstić information content (AvgIpc) is 2.71. The standard InChI is InChI=1S/C22H30N2O3/c1-4-7-9-21-23-15-18(16-24-21)22(25)27-20(6-3)17-10-12-19(13-11-17)26-14-8-5-2/h10-13,15-16,20H,4-9,14H2,1-3H3. The number of esters is 1. The molecule has 0 aliphatic rings. The summed E-state index contributed by atoms with van der Waals surface area (Å²) in [5.41, 5.74) is 1.34. The van der Waals surface area contributed by atoms with Gasteiger partial charge in [-0.3, -0.25) is 0 Å². The first-order chi connectivity index (χ1) is 13.2. The Kier molecular flexibility index (Phi) is 8.75. The molecule has 0 fully saturated rings. The van der Waals surface area contributed by atoms with E-state index in [1.165, 1.54) is 0 Å². The Balaban J connectivity index is 1.95. The summed E-state index contributed by atoms with van der Waals surface area (Å²) >= 11 is 0. The molecule has 1 atom stereocenters. The monoisotopic (exact) mass is 370 g/mol. The van der Waals surface area contributed by atoms with Crippen molar-refractivity contribution in [2.75, 3.05) is 6.61 Å². The van der Waals surface area contributed by atoms with Crippen molar-refractivity contribution in [1.29, 1.82) is 0 Å². The number of carbonyl (C=O) groups excluding carboxylic acids is 1. The van der Waals surface area contributed by atoms with Gasteiger partial charge in [0.05, 0.1) is 12.2 Å². The number of unbranched alkanes of at least 4 members (excludes halogenated alkanes) is 2. The van der Waals surface area contributed by atoms with Crippen LogP contribution < -0.4 is 4.74 Å². The van der Waals surface area contributed by atoms with Crippen LogP contribution in [0.2, 0.25) is 0 Å². The highest BCUT2D eigenvalue weighted by molar-refractivity contribution is 5.88. The molecule has 5 heteroatoms. The SMILES string of the molecule is CCCCOc1ccc(C(CC)OC(=O)c2cnc(CCCC)nc2)cc1. The van der Waals surface area contributed by atoms with Crippen molar-refractivity contribution in [2.45, 2.75) is 65.4 Å². The van der Waals surface area contributed by atoms with E-state index in [9.17, 15) is 4.79 Å². The number of nitrogens with zero attached hydrogens (tertiary/aromatic N) is 2. The Bertz CT molecular complexity index is 684. The van der Waals surface area contributed by atoms with Crippen LogP contribution in [0.25, 0.3) is 0 Å². The zero-order valence-electron chi connectivity index (χ0n) is 16.6. The zero-order valence-corrected chi connectivity index (χ0v) is 16.6. The predicted octanol–water partition coefficient (Wildman–Crippen LogP) is 5.31. The first kappa shape index (κ1) is 20.9. The number of hydrogen-bond acceptors (Lipinski definition) is 5. The minimum atomic E-state index is -0.396. The number of carbonyl (C=O) groups is 1. The van der Waals surface area contributed by atoms with E-state index >= 15 is 0 Å². The Morgan fingerprint density at radius 2 is 1.67 bits per heavy atom. The maximum Gasteiger partial charge on any atom is 0.341 e. The van der Waals surface area contributed by atoms with E-state index < -0.39 is 5.97 Å². The molecule has 0 aliphatic heterocycles. The third-order valence-electron chi connectivity index (χ3n) is 4.33. The normalized spacial score (nSPS) is 11.8. The van der Waals surface area contributed by atoms with Crippen LogP contribution in [0.4, 0.5) is 0 Å². The summed E-state index contributed by atoms with van der Waals surface area (Å²) in [6, 6.07) is 7.75. The third kappa shape index (κ3) is 6.66. The van der Waals surface area contributed by atoms with Gasteiger partial charge >= 0.3 is 5.97 Å². The zero-order chi connectivity index (χ0) is 19.5. The van der Waals surface area contributed by atoms with Crippen molar-refractivity contribution in [1.82, 2.24) is 9.97 Å². The number of aromatic nitrogens is 2. The maximum absolute atomic E-state index is 12.4. The Morgan fingerprint density at radius 1 is 1.00 bits per heavy atom. The summed E-state index contributed by atoms with van der Waals surface area (Å²) in [5, 5.41) is 0. The average molecular weight is 370 g/mol. The van der Waals surface area contributed by atoms with Gasteiger partial charge in [-0.1, -0.05) is 45.7 Å². The number of benzene rings is 1. The Labute approximate surface area is 162 Å². The molecule has 0 aliphatic carbocycles. The molecule has 0 N–H and O–H groups in total. The van der Waals surface area contributed by atoms with E-state index in [1.54, 1.807) is 12.4 Å². The number of rotatable bonds is 11. The minimum Gasteiger partial charge on any atom is -0.494 e. The molecule has 2 rings (SSSR count). The Morgan fingerprint density at radius 3 is 2.26 bits per heavy atom. The summed E-state index contributed by atoms with van der Waals surface area (Å²) in [5.74, 6) is 1.20. The quantitative estimate of drug-likeness (QED) is 0.396. The number of ether oxygens (including phenoxy) is 2. The third-order valence-corrected chi connectivity index (χ3v) is 4.33. The van der Waals surface area contributed by atoms with Gasteiger partial charge in [-0.25, -0.2) is 14.8 Å². The largest absolute Gasteiger partial charge is 0.494 e. The fourth-order valence-electron chi connectivity index (χ4n) is 2.62. The van der Waals surface area contributed by atoms with Crippen LogP contribution in [-0.2, 0) is 11.2 Å². The van der Waals surface area contributed by atoms with E-state index in [1.807, 2.05) is 31.2 Å². The molecule has 0 spiro atoms. The number of aryl methyl sites for hydroxylation is 1. The van der Waals surface area contributed by atoms with E-state index in [0.717, 1.165) is 55.8 Å².